The van der Waals surface area contributed by atoms with Crippen LogP contribution in [-0.4, -0.2) is 11.5 Å². The second-order valence-corrected chi connectivity index (χ2v) is 4.84. The van der Waals surface area contributed by atoms with Crippen molar-refractivity contribution in [1.29, 1.82) is 0 Å². The van der Waals surface area contributed by atoms with Crippen molar-refractivity contribution in [3.8, 4) is 0 Å². The highest BCUT2D eigenvalue weighted by Gasteiger charge is 2.19. The van der Waals surface area contributed by atoms with Gasteiger partial charge in [0.2, 0.25) is 0 Å². The van der Waals surface area contributed by atoms with Crippen molar-refractivity contribution in [2.45, 2.75) is 27.7 Å². The predicted octanol–water partition coefficient (Wildman–Crippen LogP) is 3.34. The third-order valence-electron chi connectivity index (χ3n) is 2.32. The molecule has 0 radical (unpaired) electrons. The van der Waals surface area contributed by atoms with E-state index in [9.17, 15) is 0 Å². The summed E-state index contributed by atoms with van der Waals surface area (Å²) in [4.78, 5) is 0. The topological polar surface area (TPSA) is 0 Å². The van der Waals surface area contributed by atoms with E-state index in [1.807, 2.05) is 0 Å². The molecule has 0 nitrogen and oxygen atoms in total. The molecule has 0 bridgehead atoms. The molecule has 1 rings (SSSR count). The van der Waals surface area contributed by atoms with Crippen LogP contribution >= 0.6 is 11.8 Å². The predicted molar refractivity (Wildman–Crippen MR) is 54.0 cm³/mol. The molecule has 0 saturated heterocycles. The summed E-state index contributed by atoms with van der Waals surface area (Å²) in [6, 6.07) is 0. The summed E-state index contributed by atoms with van der Waals surface area (Å²) in [5.41, 5.74) is 3.43. The summed E-state index contributed by atoms with van der Waals surface area (Å²) in [6.07, 6.45) is 0. The maximum atomic E-state index is 2.31. The Balaban J connectivity index is 2.77. The van der Waals surface area contributed by atoms with Crippen LogP contribution in [0.4, 0.5) is 0 Å². The average molecular weight is 170 g/mol. The van der Waals surface area contributed by atoms with Crippen molar-refractivity contribution in [2.24, 2.45) is 11.8 Å². The summed E-state index contributed by atoms with van der Waals surface area (Å²) < 4.78 is 0. The first-order chi connectivity index (χ1) is 5.13. The van der Waals surface area contributed by atoms with Crippen molar-refractivity contribution in [3.63, 3.8) is 0 Å². The van der Waals surface area contributed by atoms with Gasteiger partial charge < -0.3 is 0 Å². The lowest BCUT2D eigenvalue weighted by Gasteiger charge is -2.12. The quantitative estimate of drug-likeness (QED) is 0.573. The Labute approximate surface area is 74.5 Å². The molecule has 0 aromatic heterocycles. The normalized spacial score (nSPS) is 19.1. The van der Waals surface area contributed by atoms with E-state index < -0.39 is 0 Å². The van der Waals surface area contributed by atoms with E-state index in [2.05, 4.69) is 39.5 Å². The van der Waals surface area contributed by atoms with Gasteiger partial charge in [-0.25, -0.2) is 0 Å². The van der Waals surface area contributed by atoms with E-state index in [0.717, 1.165) is 11.8 Å². The molecule has 0 aromatic rings. The van der Waals surface area contributed by atoms with Crippen LogP contribution in [-0.2, 0) is 0 Å². The second-order valence-electron chi connectivity index (χ2n) is 3.85. The Hall–Kier alpha value is 0.0900. The first kappa shape index (κ1) is 9.18. The number of hydrogen-bond acceptors (Lipinski definition) is 1. The standard InChI is InChI=1S/C10H18S/c1-7(2)9-5-11-6-10(9)8(3)4/h7-8H,5-6H2,1-4H3. The molecule has 0 aromatic carbocycles. The van der Waals surface area contributed by atoms with Crippen LogP contribution < -0.4 is 0 Å². The minimum Gasteiger partial charge on any atom is -0.153 e. The highest BCUT2D eigenvalue weighted by Crippen LogP contribution is 2.33. The molecule has 64 valence electrons. The van der Waals surface area contributed by atoms with Gasteiger partial charge in [-0.1, -0.05) is 38.8 Å². The minimum atomic E-state index is 0.766. The fourth-order valence-corrected chi connectivity index (χ4v) is 3.11. The van der Waals surface area contributed by atoms with E-state index in [1.54, 1.807) is 11.1 Å². The van der Waals surface area contributed by atoms with Crippen LogP contribution in [0.1, 0.15) is 27.7 Å². The largest absolute Gasteiger partial charge is 0.153 e. The number of rotatable bonds is 2. The fraction of sp³-hybridized carbons (Fsp3) is 0.800. The molecular formula is C10H18S. The van der Waals surface area contributed by atoms with Crippen LogP contribution in [0.2, 0.25) is 0 Å². The lowest BCUT2D eigenvalue weighted by Crippen LogP contribution is -2.02. The Bertz CT molecular complexity index is 148. The first-order valence-electron chi connectivity index (χ1n) is 4.42. The second kappa shape index (κ2) is 3.66. The molecule has 1 heteroatoms. The zero-order chi connectivity index (χ0) is 8.43. The van der Waals surface area contributed by atoms with Gasteiger partial charge in [0.15, 0.2) is 0 Å². The van der Waals surface area contributed by atoms with Gasteiger partial charge in [0.1, 0.15) is 0 Å². The smallest absolute Gasteiger partial charge is 0.0152 e. The molecule has 11 heavy (non-hydrogen) atoms. The van der Waals surface area contributed by atoms with E-state index in [1.165, 1.54) is 11.5 Å². The summed E-state index contributed by atoms with van der Waals surface area (Å²) in [6.45, 7) is 9.24. The zero-order valence-corrected chi connectivity index (χ0v) is 8.79. The van der Waals surface area contributed by atoms with Gasteiger partial charge in [0.05, 0.1) is 0 Å². The third-order valence-corrected chi connectivity index (χ3v) is 3.35. The van der Waals surface area contributed by atoms with Gasteiger partial charge in [0.25, 0.3) is 0 Å². The Morgan fingerprint density at radius 1 is 0.909 bits per heavy atom. The summed E-state index contributed by atoms with van der Waals surface area (Å²) in [5.74, 6) is 4.10. The Kier molecular flexibility index (Phi) is 3.06. The van der Waals surface area contributed by atoms with Gasteiger partial charge in [-0.05, 0) is 11.8 Å². The van der Waals surface area contributed by atoms with Gasteiger partial charge in [-0.3, -0.25) is 0 Å². The van der Waals surface area contributed by atoms with E-state index in [-0.39, 0.29) is 0 Å². The van der Waals surface area contributed by atoms with Crippen molar-refractivity contribution < 1.29 is 0 Å². The molecule has 0 saturated carbocycles. The Morgan fingerprint density at radius 2 is 1.27 bits per heavy atom. The van der Waals surface area contributed by atoms with Crippen molar-refractivity contribution in [2.75, 3.05) is 11.5 Å². The van der Waals surface area contributed by atoms with E-state index in [0.29, 0.717) is 0 Å². The molecule has 0 unspecified atom stereocenters. The maximum absolute atomic E-state index is 2.31. The number of thioether (sulfide) groups is 1. The highest BCUT2D eigenvalue weighted by atomic mass is 32.2. The lowest BCUT2D eigenvalue weighted by molar-refractivity contribution is 0.704. The van der Waals surface area contributed by atoms with Crippen LogP contribution in [0, 0.1) is 11.8 Å². The molecular weight excluding hydrogens is 152 g/mol. The zero-order valence-electron chi connectivity index (χ0n) is 7.98. The molecule has 1 aliphatic rings. The molecule has 0 fully saturated rings. The van der Waals surface area contributed by atoms with Crippen molar-refractivity contribution in [3.05, 3.63) is 11.1 Å². The van der Waals surface area contributed by atoms with Crippen LogP contribution in [0.15, 0.2) is 11.1 Å². The van der Waals surface area contributed by atoms with Gasteiger partial charge in [-0.2, -0.15) is 11.8 Å². The van der Waals surface area contributed by atoms with E-state index >= 15 is 0 Å². The van der Waals surface area contributed by atoms with Crippen molar-refractivity contribution >= 4 is 11.8 Å². The molecule has 0 aliphatic carbocycles. The lowest BCUT2D eigenvalue weighted by atomic mass is 9.93. The van der Waals surface area contributed by atoms with E-state index in [4.69, 9.17) is 0 Å². The van der Waals surface area contributed by atoms with Crippen LogP contribution in [0.25, 0.3) is 0 Å². The first-order valence-corrected chi connectivity index (χ1v) is 5.58. The highest BCUT2D eigenvalue weighted by molar-refractivity contribution is 7.99. The fourth-order valence-electron chi connectivity index (χ4n) is 1.53. The van der Waals surface area contributed by atoms with Gasteiger partial charge >= 0.3 is 0 Å². The number of hydrogen-bond donors (Lipinski definition) is 0. The molecule has 0 spiro atoms. The van der Waals surface area contributed by atoms with Gasteiger partial charge in [-0.15, -0.1) is 0 Å². The summed E-state index contributed by atoms with van der Waals surface area (Å²) in [7, 11) is 0. The molecule has 1 heterocycles. The maximum Gasteiger partial charge on any atom is 0.0152 e. The monoisotopic (exact) mass is 170 g/mol. The molecule has 1 aliphatic heterocycles. The average Bonchev–Trinajstić information content (AvgIpc) is 2.32. The SMILES string of the molecule is CC(C)C1=C(C(C)C)CSC1. The summed E-state index contributed by atoms with van der Waals surface area (Å²) in [5, 5.41) is 0. The minimum absolute atomic E-state index is 0.766. The molecule has 0 N–H and O–H groups in total. The van der Waals surface area contributed by atoms with Crippen LogP contribution in [0.5, 0.6) is 0 Å². The molecule has 0 amide bonds. The third kappa shape index (κ3) is 2.02. The van der Waals surface area contributed by atoms with Gasteiger partial charge in [0, 0.05) is 11.5 Å². The summed E-state index contributed by atoms with van der Waals surface area (Å²) >= 11 is 2.07. The Morgan fingerprint density at radius 3 is 1.55 bits per heavy atom. The van der Waals surface area contributed by atoms with Crippen LogP contribution in [0.3, 0.4) is 0 Å². The van der Waals surface area contributed by atoms with Crippen molar-refractivity contribution in [1.82, 2.24) is 0 Å². The molecule has 0 atom stereocenters.